The molecule has 2 rings (SSSR count). The molecule has 20 heavy (non-hydrogen) atoms. The van der Waals surface area contributed by atoms with Gasteiger partial charge in [0.15, 0.2) is 5.82 Å². The lowest BCUT2D eigenvalue weighted by molar-refractivity contribution is 0.263. The molecule has 0 aliphatic heterocycles. The molecule has 0 unspecified atom stereocenters. The third-order valence-electron chi connectivity index (χ3n) is 2.52. The molecule has 0 aliphatic rings. The summed E-state index contributed by atoms with van der Waals surface area (Å²) in [6, 6.07) is 9.58. The van der Waals surface area contributed by atoms with E-state index in [9.17, 15) is 0 Å². The minimum absolute atomic E-state index is 0.122. The van der Waals surface area contributed by atoms with Crippen molar-refractivity contribution in [2.75, 3.05) is 23.4 Å². The quantitative estimate of drug-likeness (QED) is 0.773. The zero-order valence-electron chi connectivity index (χ0n) is 11.6. The van der Waals surface area contributed by atoms with Crippen molar-refractivity contribution in [1.29, 1.82) is 0 Å². The summed E-state index contributed by atoms with van der Waals surface area (Å²) >= 11 is 0. The zero-order chi connectivity index (χ0) is 14.5. The molecule has 6 nitrogen and oxygen atoms in total. The van der Waals surface area contributed by atoms with Crippen molar-refractivity contribution in [3.8, 4) is 5.88 Å². The van der Waals surface area contributed by atoms with Crippen molar-refractivity contribution in [3.63, 3.8) is 0 Å². The monoisotopic (exact) mass is 273 g/mol. The van der Waals surface area contributed by atoms with Crippen LogP contribution in [-0.4, -0.2) is 16.6 Å². The van der Waals surface area contributed by atoms with Gasteiger partial charge in [-0.1, -0.05) is 32.0 Å². The molecule has 5 N–H and O–H groups in total. The molecule has 1 aromatic heterocycles. The van der Waals surface area contributed by atoms with Gasteiger partial charge >= 0.3 is 0 Å². The van der Waals surface area contributed by atoms with Gasteiger partial charge in [0.05, 0.1) is 6.61 Å². The second-order valence-corrected chi connectivity index (χ2v) is 4.85. The van der Waals surface area contributed by atoms with Crippen LogP contribution in [0.15, 0.2) is 30.3 Å². The standard InChI is InChI=1S/C14H19N5O/c1-9(2)8-20-13-11(15)12(18-14(16)19-13)17-10-6-4-3-5-7-10/h3-7,9H,8,15H2,1-2H3,(H3,16,17,18,19). The number of hydrogen-bond donors (Lipinski definition) is 3. The zero-order valence-corrected chi connectivity index (χ0v) is 11.6. The van der Waals surface area contributed by atoms with Gasteiger partial charge in [-0.05, 0) is 18.1 Å². The summed E-state index contributed by atoms with van der Waals surface area (Å²) in [4.78, 5) is 8.13. The average molecular weight is 273 g/mol. The van der Waals surface area contributed by atoms with Crippen LogP contribution >= 0.6 is 0 Å². The predicted molar refractivity (Wildman–Crippen MR) is 80.9 cm³/mol. The molecule has 0 atom stereocenters. The average Bonchev–Trinajstić information content (AvgIpc) is 2.42. The second kappa shape index (κ2) is 6.10. The summed E-state index contributed by atoms with van der Waals surface area (Å²) in [5.74, 6) is 1.25. The lowest BCUT2D eigenvalue weighted by Crippen LogP contribution is -2.11. The fourth-order valence-electron chi connectivity index (χ4n) is 1.57. The molecule has 0 spiro atoms. The number of nitrogen functional groups attached to an aromatic ring is 2. The van der Waals surface area contributed by atoms with Crippen LogP contribution in [-0.2, 0) is 0 Å². The first-order valence-electron chi connectivity index (χ1n) is 6.44. The minimum Gasteiger partial charge on any atom is -0.476 e. The summed E-state index contributed by atoms with van der Waals surface area (Å²) in [5, 5.41) is 3.10. The summed E-state index contributed by atoms with van der Waals surface area (Å²) in [5.41, 5.74) is 12.9. The van der Waals surface area contributed by atoms with E-state index in [1.54, 1.807) is 0 Å². The Kier molecular flexibility index (Phi) is 4.24. The molecule has 1 aromatic carbocycles. The number of para-hydroxylation sites is 1. The predicted octanol–water partition coefficient (Wildman–Crippen LogP) is 2.42. The number of nitrogens with two attached hydrogens (primary N) is 2. The summed E-state index contributed by atoms with van der Waals surface area (Å²) < 4.78 is 5.56. The van der Waals surface area contributed by atoms with E-state index < -0.39 is 0 Å². The minimum atomic E-state index is 0.122. The van der Waals surface area contributed by atoms with Crippen LogP contribution < -0.4 is 21.5 Å². The van der Waals surface area contributed by atoms with Gasteiger partial charge in [-0.25, -0.2) is 0 Å². The molecule has 6 heteroatoms. The van der Waals surface area contributed by atoms with E-state index >= 15 is 0 Å². The highest BCUT2D eigenvalue weighted by Gasteiger charge is 2.12. The number of anilines is 4. The van der Waals surface area contributed by atoms with Crippen LogP contribution in [0.5, 0.6) is 5.88 Å². The number of benzene rings is 1. The third-order valence-corrected chi connectivity index (χ3v) is 2.52. The highest BCUT2D eigenvalue weighted by molar-refractivity contribution is 5.73. The van der Waals surface area contributed by atoms with Gasteiger partial charge in [-0.15, -0.1) is 0 Å². The summed E-state index contributed by atoms with van der Waals surface area (Å²) in [6.07, 6.45) is 0. The molecule has 2 aromatic rings. The molecule has 0 bridgehead atoms. The molecule has 0 aliphatic carbocycles. The topological polar surface area (TPSA) is 99.1 Å². The van der Waals surface area contributed by atoms with Crippen LogP contribution in [0.2, 0.25) is 0 Å². The number of nitrogens with zero attached hydrogens (tertiary/aromatic N) is 2. The second-order valence-electron chi connectivity index (χ2n) is 4.85. The number of hydrogen-bond acceptors (Lipinski definition) is 6. The Labute approximate surface area is 118 Å². The van der Waals surface area contributed by atoms with E-state index in [0.29, 0.717) is 29.9 Å². The number of aromatic nitrogens is 2. The molecule has 1 heterocycles. The lowest BCUT2D eigenvalue weighted by atomic mass is 10.2. The smallest absolute Gasteiger partial charge is 0.244 e. The van der Waals surface area contributed by atoms with Crippen molar-refractivity contribution in [3.05, 3.63) is 30.3 Å². The van der Waals surface area contributed by atoms with Gasteiger partial charge in [0.2, 0.25) is 11.8 Å². The maximum atomic E-state index is 6.02. The fourth-order valence-corrected chi connectivity index (χ4v) is 1.57. The van der Waals surface area contributed by atoms with E-state index in [2.05, 4.69) is 15.3 Å². The van der Waals surface area contributed by atoms with Crippen LogP contribution in [0.4, 0.5) is 23.1 Å². The van der Waals surface area contributed by atoms with E-state index in [1.807, 2.05) is 44.2 Å². The first-order valence-corrected chi connectivity index (χ1v) is 6.44. The highest BCUT2D eigenvalue weighted by atomic mass is 16.5. The van der Waals surface area contributed by atoms with Gasteiger partial charge in [0, 0.05) is 5.69 Å². The Morgan fingerprint density at radius 1 is 1.15 bits per heavy atom. The van der Waals surface area contributed by atoms with Crippen molar-refractivity contribution in [1.82, 2.24) is 9.97 Å². The van der Waals surface area contributed by atoms with Gasteiger partial charge in [-0.2, -0.15) is 9.97 Å². The maximum Gasteiger partial charge on any atom is 0.244 e. The van der Waals surface area contributed by atoms with E-state index in [1.165, 1.54) is 0 Å². The molecule has 106 valence electrons. The maximum absolute atomic E-state index is 6.02. The molecule has 0 saturated heterocycles. The van der Waals surface area contributed by atoms with Crippen LogP contribution in [0, 0.1) is 5.92 Å². The summed E-state index contributed by atoms with van der Waals surface area (Å²) in [6.45, 7) is 4.61. The van der Waals surface area contributed by atoms with Crippen LogP contribution in [0.3, 0.4) is 0 Å². The normalized spacial score (nSPS) is 10.6. The van der Waals surface area contributed by atoms with Crippen molar-refractivity contribution < 1.29 is 4.74 Å². The first-order chi connectivity index (χ1) is 9.56. The number of rotatable bonds is 5. The van der Waals surface area contributed by atoms with Crippen LogP contribution in [0.1, 0.15) is 13.8 Å². The van der Waals surface area contributed by atoms with Crippen molar-refractivity contribution >= 4 is 23.1 Å². The Morgan fingerprint density at radius 3 is 2.50 bits per heavy atom. The highest BCUT2D eigenvalue weighted by Crippen LogP contribution is 2.29. The van der Waals surface area contributed by atoms with E-state index in [0.717, 1.165) is 5.69 Å². The SMILES string of the molecule is CC(C)COc1nc(N)nc(Nc2ccccc2)c1N. The van der Waals surface area contributed by atoms with Gasteiger partial charge in [0.25, 0.3) is 0 Å². The van der Waals surface area contributed by atoms with Crippen molar-refractivity contribution in [2.24, 2.45) is 5.92 Å². The molecular formula is C14H19N5O. The van der Waals surface area contributed by atoms with E-state index in [4.69, 9.17) is 16.2 Å². The van der Waals surface area contributed by atoms with Gasteiger partial charge in [0.1, 0.15) is 5.69 Å². The van der Waals surface area contributed by atoms with Crippen LogP contribution in [0.25, 0.3) is 0 Å². The largest absolute Gasteiger partial charge is 0.476 e. The Hall–Kier alpha value is -2.50. The number of nitrogens with one attached hydrogen (secondary N) is 1. The van der Waals surface area contributed by atoms with Gasteiger partial charge < -0.3 is 21.5 Å². The third kappa shape index (κ3) is 3.50. The van der Waals surface area contributed by atoms with Gasteiger partial charge in [-0.3, -0.25) is 0 Å². The summed E-state index contributed by atoms with van der Waals surface area (Å²) in [7, 11) is 0. The lowest BCUT2D eigenvalue weighted by Gasteiger charge is -2.14. The van der Waals surface area contributed by atoms with E-state index in [-0.39, 0.29) is 5.95 Å². The Morgan fingerprint density at radius 2 is 1.85 bits per heavy atom. The molecule has 0 radical (unpaired) electrons. The Balaban J connectivity index is 2.24. The molecular weight excluding hydrogens is 254 g/mol. The first kappa shape index (κ1) is 13.9. The fraction of sp³-hybridized carbons (Fsp3) is 0.286. The molecule has 0 amide bonds. The molecule has 0 saturated carbocycles. The molecule has 0 fully saturated rings. The Bertz CT molecular complexity index is 571. The number of ether oxygens (including phenoxy) is 1. The van der Waals surface area contributed by atoms with Crippen molar-refractivity contribution in [2.45, 2.75) is 13.8 Å².